The number of aliphatic carboxylic acids is 1. The number of nitrogens with one attached hydrogen (secondary N) is 1. The van der Waals surface area contributed by atoms with Crippen LogP contribution in [0.3, 0.4) is 0 Å². The number of piperazine rings is 1. The van der Waals surface area contributed by atoms with Crippen molar-refractivity contribution < 1.29 is 24.6 Å². The maximum absolute atomic E-state index is 13.1. The molecule has 0 bridgehead atoms. The third-order valence-electron chi connectivity index (χ3n) is 5.98. The lowest BCUT2D eigenvalue weighted by Gasteiger charge is -2.55. The number of hydrazine groups is 1. The molecular weight excluding hydrogens is 414 g/mol. The first-order valence-corrected chi connectivity index (χ1v) is 11.1. The number of carbonyl (C=O) groups excluding carboxylic acids is 2. The number of hydrogen-bond donors (Lipinski definition) is 3. The highest BCUT2D eigenvalue weighted by Crippen LogP contribution is 2.28. The summed E-state index contributed by atoms with van der Waals surface area (Å²) in [7, 11) is 1.72. The van der Waals surface area contributed by atoms with Gasteiger partial charge in [-0.2, -0.15) is 5.01 Å². The number of nitrogens with zero attached hydrogens (tertiary/aromatic N) is 4. The standard InChI is InChI=1S/C22H33N5O5/c1-3-4-12-25-14-18-26(17(21(25)31)10-11-20(29)30)19(28)15-24(2)27(18)22(32)23-13-16-8-6-5-7-9-16/h5-9,17-18,22-23,32H,3-4,10-15H2,1-2H3,(H,29,30)/t17-,18-,22?/m0/s1. The molecule has 0 aromatic heterocycles. The summed E-state index contributed by atoms with van der Waals surface area (Å²) in [5.74, 6) is -1.48. The predicted molar refractivity (Wildman–Crippen MR) is 117 cm³/mol. The van der Waals surface area contributed by atoms with E-state index in [1.54, 1.807) is 22.0 Å². The molecule has 2 heterocycles. The van der Waals surface area contributed by atoms with Crippen LogP contribution < -0.4 is 5.32 Å². The first kappa shape index (κ1) is 24.1. The average molecular weight is 448 g/mol. The third kappa shape index (κ3) is 5.44. The Kier molecular flexibility index (Phi) is 8.19. The SMILES string of the molecule is CCCCN1C[C@H]2N(C(=O)CN(C)N2C(O)NCc2ccccc2)[C@@H](CCC(=O)O)C1=O. The van der Waals surface area contributed by atoms with E-state index >= 15 is 0 Å². The number of rotatable bonds is 10. The van der Waals surface area contributed by atoms with Crippen molar-refractivity contribution in [3.63, 3.8) is 0 Å². The Bertz CT molecular complexity index is 807. The molecule has 0 aliphatic carbocycles. The van der Waals surface area contributed by atoms with E-state index in [1.165, 1.54) is 4.90 Å². The Morgan fingerprint density at radius 2 is 1.97 bits per heavy atom. The normalized spacial score (nSPS) is 23.3. The van der Waals surface area contributed by atoms with Gasteiger partial charge < -0.3 is 20.0 Å². The molecule has 1 unspecified atom stereocenters. The zero-order chi connectivity index (χ0) is 23.3. The second-order valence-corrected chi connectivity index (χ2v) is 8.30. The quantitative estimate of drug-likeness (QED) is 0.437. The summed E-state index contributed by atoms with van der Waals surface area (Å²) in [4.78, 5) is 40.4. The Balaban J connectivity index is 1.83. The van der Waals surface area contributed by atoms with Crippen LogP contribution in [0, 0.1) is 0 Å². The summed E-state index contributed by atoms with van der Waals surface area (Å²) < 4.78 is 0. The van der Waals surface area contributed by atoms with E-state index in [0.717, 1.165) is 18.4 Å². The number of benzene rings is 1. The molecule has 10 heteroatoms. The zero-order valence-corrected chi connectivity index (χ0v) is 18.7. The first-order valence-electron chi connectivity index (χ1n) is 11.1. The molecule has 3 rings (SSSR count). The van der Waals surface area contributed by atoms with Crippen molar-refractivity contribution in [3.05, 3.63) is 35.9 Å². The van der Waals surface area contributed by atoms with Gasteiger partial charge in [0, 0.05) is 26.6 Å². The number of carbonyl (C=O) groups is 3. The number of hydrogen-bond acceptors (Lipinski definition) is 7. The molecule has 3 N–H and O–H groups in total. The number of fused-ring (bicyclic) bond motifs is 1. The summed E-state index contributed by atoms with van der Waals surface area (Å²) >= 11 is 0. The molecule has 2 amide bonds. The second-order valence-electron chi connectivity index (χ2n) is 8.30. The number of likely N-dealkylation sites (N-methyl/N-ethyl adjacent to an activating group) is 1. The Morgan fingerprint density at radius 3 is 2.62 bits per heavy atom. The van der Waals surface area contributed by atoms with Crippen molar-refractivity contribution >= 4 is 17.8 Å². The van der Waals surface area contributed by atoms with Gasteiger partial charge in [0.25, 0.3) is 0 Å². The van der Waals surface area contributed by atoms with E-state index in [4.69, 9.17) is 5.11 Å². The number of carboxylic acid groups (broad SMARTS) is 1. The number of carboxylic acids is 1. The monoisotopic (exact) mass is 447 g/mol. The fourth-order valence-corrected chi connectivity index (χ4v) is 4.37. The van der Waals surface area contributed by atoms with Gasteiger partial charge >= 0.3 is 5.97 Å². The summed E-state index contributed by atoms with van der Waals surface area (Å²) in [6.07, 6.45) is -0.136. The molecule has 2 saturated heterocycles. The van der Waals surface area contributed by atoms with Crippen LogP contribution in [0.1, 0.15) is 38.2 Å². The molecule has 10 nitrogen and oxygen atoms in total. The Morgan fingerprint density at radius 1 is 1.25 bits per heavy atom. The highest BCUT2D eigenvalue weighted by molar-refractivity contribution is 5.90. The molecule has 0 spiro atoms. The fraction of sp³-hybridized carbons (Fsp3) is 0.591. The van der Waals surface area contributed by atoms with E-state index in [9.17, 15) is 19.5 Å². The van der Waals surface area contributed by atoms with Crippen LogP contribution in [-0.2, 0) is 20.9 Å². The van der Waals surface area contributed by atoms with Crippen LogP contribution in [0.4, 0.5) is 0 Å². The molecule has 0 radical (unpaired) electrons. The summed E-state index contributed by atoms with van der Waals surface area (Å²) in [5, 5.41) is 26.6. The maximum atomic E-state index is 13.1. The van der Waals surface area contributed by atoms with Crippen LogP contribution >= 0.6 is 0 Å². The molecule has 2 aliphatic rings. The first-order chi connectivity index (χ1) is 15.3. The van der Waals surface area contributed by atoms with E-state index in [0.29, 0.717) is 13.1 Å². The van der Waals surface area contributed by atoms with Gasteiger partial charge in [-0.05, 0) is 18.4 Å². The average Bonchev–Trinajstić information content (AvgIpc) is 2.76. The summed E-state index contributed by atoms with van der Waals surface area (Å²) in [6, 6.07) is 8.80. The van der Waals surface area contributed by atoms with Gasteiger partial charge in [-0.1, -0.05) is 43.7 Å². The lowest BCUT2D eigenvalue weighted by atomic mass is 10.0. The predicted octanol–water partition coefficient (Wildman–Crippen LogP) is 0.245. The minimum atomic E-state index is -1.10. The van der Waals surface area contributed by atoms with Gasteiger partial charge in [-0.25, -0.2) is 5.01 Å². The molecule has 176 valence electrons. The largest absolute Gasteiger partial charge is 0.481 e. The van der Waals surface area contributed by atoms with Crippen molar-refractivity contribution in [1.29, 1.82) is 0 Å². The number of unbranched alkanes of at least 4 members (excludes halogenated alkanes) is 1. The molecule has 2 fully saturated rings. The van der Waals surface area contributed by atoms with Crippen molar-refractivity contribution in [2.24, 2.45) is 0 Å². The van der Waals surface area contributed by atoms with Crippen molar-refractivity contribution in [2.45, 2.75) is 57.7 Å². The minimum absolute atomic E-state index is 0.00755. The van der Waals surface area contributed by atoms with Crippen LogP contribution in [-0.4, -0.2) is 93.1 Å². The molecule has 32 heavy (non-hydrogen) atoms. The topological polar surface area (TPSA) is 117 Å². The molecule has 0 saturated carbocycles. The smallest absolute Gasteiger partial charge is 0.303 e. The van der Waals surface area contributed by atoms with Crippen LogP contribution in [0.25, 0.3) is 0 Å². The summed E-state index contributed by atoms with van der Waals surface area (Å²) in [6.45, 7) is 3.23. The second kappa shape index (κ2) is 10.9. The Labute approximate surface area is 188 Å². The minimum Gasteiger partial charge on any atom is -0.481 e. The lowest BCUT2D eigenvalue weighted by molar-refractivity contribution is -0.241. The van der Waals surface area contributed by atoms with Gasteiger partial charge in [0.15, 0.2) is 6.35 Å². The number of aliphatic hydroxyl groups is 1. The Hall–Kier alpha value is -2.53. The van der Waals surface area contributed by atoms with E-state index < -0.39 is 24.5 Å². The van der Waals surface area contributed by atoms with Crippen molar-refractivity contribution in [3.8, 4) is 0 Å². The lowest BCUT2D eigenvalue weighted by Crippen LogP contribution is -2.76. The van der Waals surface area contributed by atoms with Crippen LogP contribution in [0.2, 0.25) is 0 Å². The molecular formula is C22H33N5O5. The van der Waals surface area contributed by atoms with Crippen molar-refractivity contribution in [2.75, 3.05) is 26.7 Å². The van der Waals surface area contributed by atoms with Gasteiger partial charge in [0.1, 0.15) is 12.2 Å². The van der Waals surface area contributed by atoms with Gasteiger partial charge in [0.2, 0.25) is 11.8 Å². The van der Waals surface area contributed by atoms with Crippen molar-refractivity contribution in [1.82, 2.24) is 25.1 Å². The highest BCUT2D eigenvalue weighted by atomic mass is 16.4. The molecule has 1 aromatic carbocycles. The van der Waals surface area contributed by atoms with Crippen LogP contribution in [0.15, 0.2) is 30.3 Å². The zero-order valence-electron chi connectivity index (χ0n) is 18.7. The fourth-order valence-electron chi connectivity index (χ4n) is 4.37. The van der Waals surface area contributed by atoms with Gasteiger partial charge in [-0.3, -0.25) is 19.7 Å². The number of amides is 2. The van der Waals surface area contributed by atoms with E-state index in [-0.39, 0.29) is 37.7 Å². The molecule has 3 atom stereocenters. The third-order valence-corrected chi connectivity index (χ3v) is 5.98. The summed E-state index contributed by atoms with van der Waals surface area (Å²) in [5.41, 5.74) is 1.00. The molecule has 1 aromatic rings. The van der Waals surface area contributed by atoms with Gasteiger partial charge in [0.05, 0.1) is 13.1 Å². The number of aliphatic hydroxyl groups excluding tert-OH is 1. The van der Waals surface area contributed by atoms with Gasteiger partial charge in [-0.15, -0.1) is 0 Å². The maximum Gasteiger partial charge on any atom is 0.303 e. The molecule has 2 aliphatic heterocycles. The van der Waals surface area contributed by atoms with E-state index in [2.05, 4.69) is 5.32 Å². The highest BCUT2D eigenvalue weighted by Gasteiger charge is 2.50. The van der Waals surface area contributed by atoms with Crippen LogP contribution in [0.5, 0.6) is 0 Å². The van der Waals surface area contributed by atoms with E-state index in [1.807, 2.05) is 37.3 Å².